The number of nitrogens with one attached hydrogen (secondary N) is 1. The number of carbonyl (C=O) groups is 3. The predicted octanol–water partition coefficient (Wildman–Crippen LogP) is 2.50. The number of halogens is 3. The molecule has 2 heterocycles. The second-order valence-electron chi connectivity index (χ2n) is 7.94. The lowest BCUT2D eigenvalue weighted by Crippen LogP contribution is -2.65. The maximum Gasteiger partial charge on any atom is 0.425 e. The van der Waals surface area contributed by atoms with E-state index in [9.17, 15) is 27.6 Å². The lowest BCUT2D eigenvalue weighted by Gasteiger charge is -2.35. The molecule has 1 aromatic rings. The zero-order valence-corrected chi connectivity index (χ0v) is 15.7. The van der Waals surface area contributed by atoms with Crippen molar-refractivity contribution >= 4 is 17.6 Å². The third-order valence-corrected chi connectivity index (χ3v) is 5.00. The maximum atomic E-state index is 14.2. The minimum Gasteiger partial charge on any atom is -0.331 e. The number of hydrogen-bond acceptors (Lipinski definition) is 4. The SMILES string of the molecule is CC(=O)NC1(C(F)(F)F)C(=O)N(Cc2ccncc2)C2=C1C(=O)CC(C)(C)C2. The van der Waals surface area contributed by atoms with E-state index in [1.807, 2.05) is 0 Å². The van der Waals surface area contributed by atoms with E-state index in [2.05, 4.69) is 4.98 Å². The van der Waals surface area contributed by atoms with Crippen LogP contribution in [-0.4, -0.2) is 39.2 Å². The molecule has 150 valence electrons. The molecule has 0 saturated carbocycles. The first kappa shape index (κ1) is 20.0. The van der Waals surface area contributed by atoms with E-state index in [1.54, 1.807) is 31.3 Å². The monoisotopic (exact) mass is 395 g/mol. The van der Waals surface area contributed by atoms with Gasteiger partial charge in [0.2, 0.25) is 11.4 Å². The summed E-state index contributed by atoms with van der Waals surface area (Å²) in [6.07, 6.45) is -2.26. The Morgan fingerprint density at radius 3 is 2.36 bits per heavy atom. The molecule has 0 radical (unpaired) electrons. The Morgan fingerprint density at radius 2 is 1.82 bits per heavy atom. The number of amides is 2. The van der Waals surface area contributed by atoms with E-state index in [0.717, 1.165) is 11.8 Å². The fourth-order valence-corrected chi connectivity index (χ4v) is 3.93. The third kappa shape index (κ3) is 3.08. The van der Waals surface area contributed by atoms with E-state index in [1.165, 1.54) is 12.4 Å². The van der Waals surface area contributed by atoms with Crippen LogP contribution in [0.1, 0.15) is 39.2 Å². The Kier molecular flexibility index (Phi) is 4.60. The minimum atomic E-state index is -5.17. The molecular formula is C19H20F3N3O3. The van der Waals surface area contributed by atoms with Crippen LogP contribution in [-0.2, 0) is 20.9 Å². The Bertz CT molecular complexity index is 877. The highest BCUT2D eigenvalue weighted by molar-refractivity contribution is 6.13. The Hall–Kier alpha value is -2.71. The van der Waals surface area contributed by atoms with Gasteiger partial charge in [0.25, 0.3) is 5.91 Å². The highest BCUT2D eigenvalue weighted by atomic mass is 19.4. The number of rotatable bonds is 3. The first-order valence-electron chi connectivity index (χ1n) is 8.72. The highest BCUT2D eigenvalue weighted by Gasteiger charge is 2.71. The number of Topliss-reactive ketones (excluding diaryl/α,β-unsaturated/α-hetero) is 1. The van der Waals surface area contributed by atoms with Crippen LogP contribution in [0.4, 0.5) is 13.2 Å². The van der Waals surface area contributed by atoms with Crippen LogP contribution in [0.3, 0.4) is 0 Å². The van der Waals surface area contributed by atoms with Crippen LogP contribution in [0.2, 0.25) is 0 Å². The quantitative estimate of drug-likeness (QED) is 0.853. The Balaban J connectivity index is 2.22. The topological polar surface area (TPSA) is 79.4 Å². The van der Waals surface area contributed by atoms with Gasteiger partial charge in [-0.05, 0) is 29.5 Å². The van der Waals surface area contributed by atoms with Gasteiger partial charge in [-0.3, -0.25) is 19.4 Å². The molecule has 3 rings (SSSR count). The molecule has 1 aliphatic heterocycles. The molecule has 0 saturated heterocycles. The van der Waals surface area contributed by atoms with E-state index >= 15 is 0 Å². The van der Waals surface area contributed by atoms with Crippen molar-refractivity contribution in [2.24, 2.45) is 5.41 Å². The Morgan fingerprint density at radius 1 is 1.21 bits per heavy atom. The van der Waals surface area contributed by atoms with E-state index < -0.39 is 40.3 Å². The summed E-state index contributed by atoms with van der Waals surface area (Å²) in [5.74, 6) is -3.17. The molecule has 1 atom stereocenters. The number of carbonyl (C=O) groups excluding carboxylic acids is 3. The van der Waals surface area contributed by atoms with Crippen molar-refractivity contribution < 1.29 is 27.6 Å². The summed E-state index contributed by atoms with van der Waals surface area (Å²) in [7, 11) is 0. The summed E-state index contributed by atoms with van der Waals surface area (Å²) in [6.45, 7) is 4.26. The van der Waals surface area contributed by atoms with Gasteiger partial charge in [0.15, 0.2) is 5.78 Å². The molecule has 2 amide bonds. The number of ketones is 1. The minimum absolute atomic E-state index is 0.0223. The average Bonchev–Trinajstić information content (AvgIpc) is 2.77. The second kappa shape index (κ2) is 6.42. The molecule has 1 N–H and O–H groups in total. The molecule has 2 aliphatic rings. The van der Waals surface area contributed by atoms with Gasteiger partial charge in [0, 0.05) is 31.4 Å². The van der Waals surface area contributed by atoms with Crippen molar-refractivity contribution in [1.82, 2.24) is 15.2 Å². The normalized spacial score (nSPS) is 24.4. The van der Waals surface area contributed by atoms with Crippen LogP contribution in [0.25, 0.3) is 0 Å². The van der Waals surface area contributed by atoms with Crippen molar-refractivity contribution in [3.63, 3.8) is 0 Å². The van der Waals surface area contributed by atoms with E-state index in [4.69, 9.17) is 0 Å². The molecule has 9 heteroatoms. The van der Waals surface area contributed by atoms with Crippen LogP contribution in [0.15, 0.2) is 35.8 Å². The standard InChI is InChI=1S/C19H20F3N3O3/c1-11(26)24-18(19(20,21)22)15-13(8-17(2,3)9-14(15)27)25(16(18)28)10-12-4-6-23-7-5-12/h4-7H,8-10H2,1-3H3,(H,24,26). The first-order chi connectivity index (χ1) is 12.9. The molecule has 1 unspecified atom stereocenters. The third-order valence-electron chi connectivity index (χ3n) is 5.00. The number of hydrogen-bond donors (Lipinski definition) is 1. The van der Waals surface area contributed by atoms with Crippen molar-refractivity contribution in [3.8, 4) is 0 Å². The number of aromatic nitrogens is 1. The Labute approximate surface area is 159 Å². The summed E-state index contributed by atoms with van der Waals surface area (Å²) in [5.41, 5.74) is -4.03. The molecule has 28 heavy (non-hydrogen) atoms. The maximum absolute atomic E-state index is 14.2. The second-order valence-corrected chi connectivity index (χ2v) is 7.94. The molecule has 0 bridgehead atoms. The van der Waals surface area contributed by atoms with Gasteiger partial charge < -0.3 is 10.2 Å². The summed E-state index contributed by atoms with van der Waals surface area (Å²) in [4.78, 5) is 42.4. The van der Waals surface area contributed by atoms with Gasteiger partial charge >= 0.3 is 6.18 Å². The number of allylic oxidation sites excluding steroid dienone is 1. The van der Waals surface area contributed by atoms with Gasteiger partial charge in [-0.15, -0.1) is 0 Å². The average molecular weight is 395 g/mol. The van der Waals surface area contributed by atoms with Crippen LogP contribution < -0.4 is 5.32 Å². The van der Waals surface area contributed by atoms with Gasteiger partial charge in [-0.1, -0.05) is 13.8 Å². The van der Waals surface area contributed by atoms with Crippen LogP contribution in [0.5, 0.6) is 0 Å². The van der Waals surface area contributed by atoms with E-state index in [0.29, 0.717) is 5.56 Å². The first-order valence-corrected chi connectivity index (χ1v) is 8.72. The largest absolute Gasteiger partial charge is 0.425 e. The summed E-state index contributed by atoms with van der Waals surface area (Å²) < 4.78 is 42.7. The lowest BCUT2D eigenvalue weighted by atomic mass is 9.72. The molecule has 0 spiro atoms. The highest BCUT2D eigenvalue weighted by Crippen LogP contribution is 2.51. The number of alkyl halides is 3. The number of pyridine rings is 1. The van der Waals surface area contributed by atoms with Crippen molar-refractivity contribution in [1.29, 1.82) is 0 Å². The zero-order valence-electron chi connectivity index (χ0n) is 15.7. The molecule has 1 aromatic heterocycles. The van der Waals surface area contributed by atoms with Gasteiger partial charge in [0.1, 0.15) is 0 Å². The van der Waals surface area contributed by atoms with Crippen molar-refractivity contribution in [2.75, 3.05) is 0 Å². The molecule has 1 aliphatic carbocycles. The number of nitrogens with zero attached hydrogens (tertiary/aromatic N) is 2. The zero-order chi connectivity index (χ0) is 20.9. The summed E-state index contributed by atoms with van der Waals surface area (Å²) >= 11 is 0. The van der Waals surface area contributed by atoms with Gasteiger partial charge in [-0.2, -0.15) is 13.2 Å². The fourth-order valence-electron chi connectivity index (χ4n) is 3.93. The molecule has 0 fully saturated rings. The predicted molar refractivity (Wildman–Crippen MR) is 92.4 cm³/mol. The smallest absolute Gasteiger partial charge is 0.331 e. The van der Waals surface area contributed by atoms with E-state index in [-0.39, 0.29) is 25.1 Å². The fraction of sp³-hybridized carbons (Fsp3) is 0.474. The van der Waals surface area contributed by atoms with Crippen molar-refractivity contribution in [3.05, 3.63) is 41.4 Å². The van der Waals surface area contributed by atoms with Crippen molar-refractivity contribution in [2.45, 2.75) is 51.9 Å². The van der Waals surface area contributed by atoms with Gasteiger partial charge in [-0.25, -0.2) is 0 Å². The lowest BCUT2D eigenvalue weighted by molar-refractivity contribution is -0.194. The summed E-state index contributed by atoms with van der Waals surface area (Å²) in [6, 6.07) is 3.16. The molecular weight excluding hydrogens is 375 g/mol. The van der Waals surface area contributed by atoms with Crippen LogP contribution in [0, 0.1) is 5.41 Å². The summed E-state index contributed by atoms with van der Waals surface area (Å²) in [5, 5.41) is 1.77. The van der Waals surface area contributed by atoms with Crippen LogP contribution >= 0.6 is 0 Å². The van der Waals surface area contributed by atoms with Gasteiger partial charge in [0.05, 0.1) is 12.1 Å². The molecule has 0 aromatic carbocycles. The molecule has 6 nitrogen and oxygen atoms in total.